The lowest BCUT2D eigenvalue weighted by atomic mass is 9.73. The summed E-state index contributed by atoms with van der Waals surface area (Å²) in [5.41, 5.74) is 2.96. The van der Waals surface area contributed by atoms with Crippen molar-refractivity contribution in [1.82, 2.24) is 5.32 Å². The van der Waals surface area contributed by atoms with Gasteiger partial charge in [-0.15, -0.1) is 0 Å². The van der Waals surface area contributed by atoms with Crippen LogP contribution in [-0.4, -0.2) is 6.04 Å². The zero-order chi connectivity index (χ0) is 12.3. The van der Waals surface area contributed by atoms with Crippen LogP contribution >= 0.6 is 0 Å². The Bertz CT molecular complexity index is 350. The molecule has 1 aromatic carbocycles. The number of hydrogen-bond acceptors (Lipinski definition) is 1. The van der Waals surface area contributed by atoms with Crippen LogP contribution in [0.5, 0.6) is 0 Å². The smallest absolute Gasteiger partial charge is 0.0210 e. The molecule has 0 bridgehead atoms. The molecule has 1 aromatic rings. The van der Waals surface area contributed by atoms with E-state index in [9.17, 15) is 0 Å². The summed E-state index contributed by atoms with van der Waals surface area (Å²) in [6.45, 7) is 7.96. The van der Waals surface area contributed by atoms with Gasteiger partial charge in [-0.3, -0.25) is 0 Å². The summed E-state index contributed by atoms with van der Waals surface area (Å²) in [6, 6.07) is 9.54. The van der Waals surface area contributed by atoms with Gasteiger partial charge < -0.3 is 5.32 Å². The Balaban J connectivity index is 1.79. The maximum atomic E-state index is 3.69. The van der Waals surface area contributed by atoms with Crippen LogP contribution in [0.15, 0.2) is 24.3 Å². The van der Waals surface area contributed by atoms with Gasteiger partial charge in [0.25, 0.3) is 0 Å². The van der Waals surface area contributed by atoms with Gasteiger partial charge in [-0.25, -0.2) is 0 Å². The van der Waals surface area contributed by atoms with Gasteiger partial charge in [-0.2, -0.15) is 0 Å². The predicted octanol–water partition coefficient (Wildman–Crippen LogP) is 3.77. The van der Waals surface area contributed by atoms with E-state index in [4.69, 9.17) is 0 Å². The number of rotatable bonds is 5. The third-order valence-electron chi connectivity index (χ3n) is 4.20. The lowest BCUT2D eigenvalue weighted by Crippen LogP contribution is -2.42. The van der Waals surface area contributed by atoms with Crippen molar-refractivity contribution < 1.29 is 0 Å². The van der Waals surface area contributed by atoms with E-state index in [0.717, 1.165) is 30.8 Å². The summed E-state index contributed by atoms with van der Waals surface area (Å²) in [4.78, 5) is 0. The van der Waals surface area contributed by atoms with Crippen LogP contribution < -0.4 is 5.32 Å². The highest BCUT2D eigenvalue weighted by Gasteiger charge is 2.30. The van der Waals surface area contributed by atoms with Gasteiger partial charge in [-0.05, 0) is 42.2 Å². The van der Waals surface area contributed by atoms with Crippen molar-refractivity contribution in [3.05, 3.63) is 35.4 Å². The topological polar surface area (TPSA) is 12.0 Å². The summed E-state index contributed by atoms with van der Waals surface area (Å²) in [5, 5.41) is 3.69. The molecule has 17 heavy (non-hydrogen) atoms. The molecule has 0 aromatic heterocycles. The highest BCUT2D eigenvalue weighted by atomic mass is 14.9. The Kier molecular flexibility index (Phi) is 4.22. The summed E-state index contributed by atoms with van der Waals surface area (Å²) >= 11 is 0. The minimum absolute atomic E-state index is 0.757. The average Bonchev–Trinajstić information content (AvgIpc) is 2.27. The molecular formula is C16H25N. The van der Waals surface area contributed by atoms with Crippen LogP contribution in [0, 0.1) is 11.8 Å². The van der Waals surface area contributed by atoms with E-state index in [1.807, 2.05) is 0 Å². The second-order valence-corrected chi connectivity index (χ2v) is 5.68. The first-order valence-electron chi connectivity index (χ1n) is 7.00. The van der Waals surface area contributed by atoms with E-state index in [-0.39, 0.29) is 0 Å². The molecule has 0 atom stereocenters. The SMILES string of the molecule is CCc1ccccc1CNC1CC(C(C)C)C1. The highest BCUT2D eigenvalue weighted by Crippen LogP contribution is 2.33. The molecule has 1 saturated carbocycles. The molecule has 1 nitrogen and oxygen atoms in total. The molecule has 1 N–H and O–H groups in total. The van der Waals surface area contributed by atoms with Crippen LogP contribution in [0.25, 0.3) is 0 Å². The second-order valence-electron chi connectivity index (χ2n) is 5.68. The van der Waals surface area contributed by atoms with Crippen molar-refractivity contribution in [1.29, 1.82) is 0 Å². The molecule has 0 aliphatic heterocycles. The van der Waals surface area contributed by atoms with Gasteiger partial charge in [-0.1, -0.05) is 45.0 Å². The molecule has 0 radical (unpaired) electrons. The largest absolute Gasteiger partial charge is 0.310 e. The zero-order valence-electron chi connectivity index (χ0n) is 11.4. The fourth-order valence-corrected chi connectivity index (χ4v) is 2.70. The van der Waals surface area contributed by atoms with E-state index in [1.54, 1.807) is 0 Å². The van der Waals surface area contributed by atoms with Crippen molar-refractivity contribution in [2.45, 2.75) is 52.6 Å². The first-order valence-corrected chi connectivity index (χ1v) is 7.00. The number of benzene rings is 1. The maximum absolute atomic E-state index is 3.69. The van der Waals surface area contributed by atoms with Crippen molar-refractivity contribution in [2.75, 3.05) is 0 Å². The number of nitrogens with one attached hydrogen (secondary N) is 1. The van der Waals surface area contributed by atoms with E-state index < -0.39 is 0 Å². The zero-order valence-corrected chi connectivity index (χ0v) is 11.4. The minimum atomic E-state index is 0.757. The Hall–Kier alpha value is -0.820. The molecule has 1 aliphatic carbocycles. The maximum Gasteiger partial charge on any atom is 0.0210 e. The number of hydrogen-bond donors (Lipinski definition) is 1. The summed E-state index contributed by atoms with van der Waals surface area (Å²) < 4.78 is 0. The van der Waals surface area contributed by atoms with Gasteiger partial charge in [0.2, 0.25) is 0 Å². The summed E-state index contributed by atoms with van der Waals surface area (Å²) in [5.74, 6) is 1.81. The van der Waals surface area contributed by atoms with Crippen LogP contribution in [0.3, 0.4) is 0 Å². The molecule has 0 spiro atoms. The monoisotopic (exact) mass is 231 g/mol. The quantitative estimate of drug-likeness (QED) is 0.813. The molecule has 1 fully saturated rings. The Morgan fingerprint density at radius 2 is 1.82 bits per heavy atom. The summed E-state index contributed by atoms with van der Waals surface area (Å²) in [7, 11) is 0. The fraction of sp³-hybridized carbons (Fsp3) is 0.625. The standard InChI is InChI=1S/C16H25N/c1-4-13-7-5-6-8-14(13)11-17-16-9-15(10-16)12(2)3/h5-8,12,15-17H,4,9-11H2,1-3H3. The van der Waals surface area contributed by atoms with E-state index in [1.165, 1.54) is 24.0 Å². The normalized spacial score (nSPS) is 23.8. The van der Waals surface area contributed by atoms with Crippen LogP contribution in [0.1, 0.15) is 44.7 Å². The lowest BCUT2D eigenvalue weighted by molar-refractivity contribution is 0.167. The summed E-state index contributed by atoms with van der Waals surface area (Å²) in [6.07, 6.45) is 3.87. The number of aryl methyl sites for hydroxylation is 1. The van der Waals surface area contributed by atoms with Crippen molar-refractivity contribution in [3.8, 4) is 0 Å². The van der Waals surface area contributed by atoms with Gasteiger partial charge in [0, 0.05) is 12.6 Å². The van der Waals surface area contributed by atoms with Crippen LogP contribution in [0.2, 0.25) is 0 Å². The van der Waals surface area contributed by atoms with Gasteiger partial charge in [0.05, 0.1) is 0 Å². The third kappa shape index (κ3) is 3.10. The van der Waals surface area contributed by atoms with Crippen molar-refractivity contribution in [3.63, 3.8) is 0 Å². The Labute approximate surface area is 106 Å². The van der Waals surface area contributed by atoms with Crippen molar-refractivity contribution >= 4 is 0 Å². The average molecular weight is 231 g/mol. The Morgan fingerprint density at radius 1 is 1.18 bits per heavy atom. The molecular weight excluding hydrogens is 206 g/mol. The molecule has 1 aliphatic rings. The van der Waals surface area contributed by atoms with Crippen molar-refractivity contribution in [2.24, 2.45) is 11.8 Å². The lowest BCUT2D eigenvalue weighted by Gasteiger charge is -2.38. The first kappa shape index (κ1) is 12.6. The van der Waals surface area contributed by atoms with Crippen LogP contribution in [-0.2, 0) is 13.0 Å². The van der Waals surface area contributed by atoms with E-state index in [0.29, 0.717) is 0 Å². The minimum Gasteiger partial charge on any atom is -0.310 e. The highest BCUT2D eigenvalue weighted by molar-refractivity contribution is 5.26. The van der Waals surface area contributed by atoms with Gasteiger partial charge in [0.15, 0.2) is 0 Å². The molecule has 0 heterocycles. The first-order chi connectivity index (χ1) is 8.20. The Morgan fingerprint density at radius 3 is 2.41 bits per heavy atom. The fourth-order valence-electron chi connectivity index (χ4n) is 2.70. The molecule has 2 rings (SSSR count). The molecule has 94 valence electrons. The van der Waals surface area contributed by atoms with Crippen LogP contribution in [0.4, 0.5) is 0 Å². The molecule has 0 saturated heterocycles. The second kappa shape index (κ2) is 5.68. The van der Waals surface area contributed by atoms with E-state index >= 15 is 0 Å². The van der Waals surface area contributed by atoms with Gasteiger partial charge in [0.1, 0.15) is 0 Å². The van der Waals surface area contributed by atoms with E-state index in [2.05, 4.69) is 50.4 Å². The molecule has 0 unspecified atom stereocenters. The molecule has 0 amide bonds. The predicted molar refractivity (Wildman–Crippen MR) is 74.0 cm³/mol. The third-order valence-corrected chi connectivity index (χ3v) is 4.20. The van der Waals surface area contributed by atoms with Gasteiger partial charge >= 0.3 is 0 Å². The molecule has 1 heteroatoms.